The van der Waals surface area contributed by atoms with Crippen LogP contribution in [0, 0.1) is 0 Å². The van der Waals surface area contributed by atoms with Gasteiger partial charge in [0, 0.05) is 30.9 Å². The summed E-state index contributed by atoms with van der Waals surface area (Å²) in [6.45, 7) is 6.36. The predicted octanol–water partition coefficient (Wildman–Crippen LogP) is 2.74. The molecule has 9 heteroatoms. The van der Waals surface area contributed by atoms with E-state index in [4.69, 9.17) is 4.74 Å². The first kappa shape index (κ1) is 23.9. The van der Waals surface area contributed by atoms with Crippen molar-refractivity contribution in [2.45, 2.75) is 45.9 Å². The van der Waals surface area contributed by atoms with Crippen LogP contribution < -0.4 is 10.9 Å². The van der Waals surface area contributed by atoms with E-state index in [-0.39, 0.29) is 18.0 Å². The van der Waals surface area contributed by atoms with E-state index in [1.165, 1.54) is 0 Å². The van der Waals surface area contributed by atoms with Gasteiger partial charge in [0.2, 0.25) is 5.91 Å². The molecule has 0 atom stereocenters. The Kier molecular flexibility index (Phi) is 7.76. The summed E-state index contributed by atoms with van der Waals surface area (Å²) in [5, 5.41) is 8.11. The summed E-state index contributed by atoms with van der Waals surface area (Å²) < 4.78 is 6.66. The molecule has 2 heterocycles. The first-order chi connectivity index (χ1) is 15.7. The van der Waals surface area contributed by atoms with E-state index in [1.807, 2.05) is 39.0 Å². The van der Waals surface area contributed by atoms with E-state index in [2.05, 4.69) is 15.4 Å². The summed E-state index contributed by atoms with van der Waals surface area (Å²) in [4.78, 5) is 43.1. The molecule has 2 amide bonds. The largest absolute Gasteiger partial charge is 0.444 e. The second-order valence-corrected chi connectivity index (χ2v) is 8.66. The Labute approximate surface area is 192 Å². The molecule has 0 aliphatic heterocycles. The fourth-order valence-corrected chi connectivity index (χ4v) is 3.20. The van der Waals surface area contributed by atoms with E-state index in [9.17, 15) is 14.4 Å². The SMILES string of the molecule is CC(C)(C)OC(=O)N(CCCNC(=O)Cn1ncc2ccccc2c1=O)Cc1cccnc1. The molecule has 0 unspecified atom stereocenters. The van der Waals surface area contributed by atoms with E-state index < -0.39 is 11.7 Å². The number of hydrogen-bond donors (Lipinski definition) is 1. The molecule has 0 spiro atoms. The Morgan fingerprint density at radius 3 is 2.64 bits per heavy atom. The zero-order chi connectivity index (χ0) is 23.8. The van der Waals surface area contributed by atoms with Crippen LogP contribution in [-0.4, -0.2) is 50.4 Å². The van der Waals surface area contributed by atoms with Gasteiger partial charge in [-0.2, -0.15) is 5.10 Å². The van der Waals surface area contributed by atoms with Crippen molar-refractivity contribution in [3.8, 4) is 0 Å². The molecule has 9 nitrogen and oxygen atoms in total. The van der Waals surface area contributed by atoms with Crippen LogP contribution in [-0.2, 0) is 22.6 Å². The third kappa shape index (κ3) is 7.13. The highest BCUT2D eigenvalue weighted by molar-refractivity contribution is 5.81. The molecule has 0 bridgehead atoms. The summed E-state index contributed by atoms with van der Waals surface area (Å²) in [6.07, 6.45) is 5.04. The average molecular weight is 452 g/mol. The fourth-order valence-electron chi connectivity index (χ4n) is 3.20. The molecular weight excluding hydrogens is 422 g/mol. The van der Waals surface area contributed by atoms with Gasteiger partial charge in [-0.15, -0.1) is 0 Å². The highest BCUT2D eigenvalue weighted by Gasteiger charge is 2.22. The van der Waals surface area contributed by atoms with E-state index >= 15 is 0 Å². The second-order valence-electron chi connectivity index (χ2n) is 8.66. The Hall–Kier alpha value is -3.75. The van der Waals surface area contributed by atoms with Gasteiger partial charge in [-0.3, -0.25) is 14.6 Å². The van der Waals surface area contributed by atoms with Crippen molar-refractivity contribution in [3.63, 3.8) is 0 Å². The molecular formula is C24H29N5O4. The number of carbonyl (C=O) groups is 2. The zero-order valence-electron chi connectivity index (χ0n) is 19.2. The lowest BCUT2D eigenvalue weighted by Crippen LogP contribution is -2.39. The lowest BCUT2D eigenvalue weighted by molar-refractivity contribution is -0.121. The molecule has 0 aliphatic carbocycles. The van der Waals surface area contributed by atoms with Crippen LogP contribution in [0.3, 0.4) is 0 Å². The number of amides is 2. The Balaban J connectivity index is 1.54. The summed E-state index contributed by atoms with van der Waals surface area (Å²) in [7, 11) is 0. The molecule has 0 radical (unpaired) electrons. The van der Waals surface area contributed by atoms with Gasteiger partial charge >= 0.3 is 6.09 Å². The average Bonchev–Trinajstić information content (AvgIpc) is 2.77. The van der Waals surface area contributed by atoms with E-state index in [0.29, 0.717) is 31.4 Å². The molecule has 3 aromatic rings. The third-order valence-corrected chi connectivity index (χ3v) is 4.73. The van der Waals surface area contributed by atoms with Crippen molar-refractivity contribution in [1.82, 2.24) is 25.0 Å². The monoisotopic (exact) mass is 451 g/mol. The molecule has 0 aliphatic rings. The molecule has 33 heavy (non-hydrogen) atoms. The predicted molar refractivity (Wildman–Crippen MR) is 125 cm³/mol. The number of rotatable bonds is 8. The van der Waals surface area contributed by atoms with Gasteiger partial charge in [-0.25, -0.2) is 9.48 Å². The highest BCUT2D eigenvalue weighted by atomic mass is 16.6. The van der Waals surface area contributed by atoms with Crippen LogP contribution in [0.2, 0.25) is 0 Å². The van der Waals surface area contributed by atoms with Crippen LogP contribution in [0.15, 0.2) is 59.8 Å². The zero-order valence-corrected chi connectivity index (χ0v) is 19.2. The van der Waals surface area contributed by atoms with E-state index in [0.717, 1.165) is 15.6 Å². The van der Waals surface area contributed by atoms with Crippen molar-refractivity contribution < 1.29 is 14.3 Å². The first-order valence-corrected chi connectivity index (χ1v) is 10.8. The molecule has 2 aromatic heterocycles. The van der Waals surface area contributed by atoms with E-state index in [1.54, 1.807) is 41.7 Å². The van der Waals surface area contributed by atoms with Crippen molar-refractivity contribution in [1.29, 1.82) is 0 Å². The Morgan fingerprint density at radius 2 is 1.91 bits per heavy atom. The minimum Gasteiger partial charge on any atom is -0.444 e. The third-order valence-electron chi connectivity index (χ3n) is 4.73. The molecule has 3 rings (SSSR count). The number of carbonyl (C=O) groups excluding carboxylic acids is 2. The maximum absolute atomic E-state index is 12.6. The number of ether oxygens (including phenoxy) is 1. The quantitative estimate of drug-likeness (QED) is 0.528. The molecule has 0 saturated carbocycles. The highest BCUT2D eigenvalue weighted by Crippen LogP contribution is 2.13. The molecule has 1 aromatic carbocycles. The van der Waals surface area contributed by atoms with Crippen LogP contribution in [0.4, 0.5) is 4.79 Å². The number of hydrogen-bond acceptors (Lipinski definition) is 6. The van der Waals surface area contributed by atoms with Gasteiger partial charge in [0.05, 0.1) is 18.1 Å². The smallest absolute Gasteiger partial charge is 0.410 e. The number of nitrogens with zero attached hydrogens (tertiary/aromatic N) is 4. The Bertz CT molecular complexity index is 1150. The standard InChI is InChI=1S/C24H29N5O4/c1-24(2,3)33-23(32)28(16-18-8-6-11-25-14-18)13-7-12-26-21(30)17-29-22(31)20-10-5-4-9-19(20)15-27-29/h4-6,8-11,14-15H,7,12-13,16-17H2,1-3H3,(H,26,30). The minimum absolute atomic E-state index is 0.171. The summed E-state index contributed by atoms with van der Waals surface area (Å²) in [5.74, 6) is -0.323. The lowest BCUT2D eigenvalue weighted by Gasteiger charge is -2.27. The first-order valence-electron chi connectivity index (χ1n) is 10.8. The number of fused-ring (bicyclic) bond motifs is 1. The van der Waals surface area contributed by atoms with Gasteiger partial charge in [0.1, 0.15) is 12.1 Å². The van der Waals surface area contributed by atoms with Gasteiger partial charge in [-0.05, 0) is 44.9 Å². The van der Waals surface area contributed by atoms with Gasteiger partial charge in [-0.1, -0.05) is 24.3 Å². The van der Waals surface area contributed by atoms with Crippen molar-refractivity contribution in [2.75, 3.05) is 13.1 Å². The molecule has 0 saturated heterocycles. The lowest BCUT2D eigenvalue weighted by atomic mass is 10.2. The summed E-state index contributed by atoms with van der Waals surface area (Å²) in [5.41, 5.74) is -0.0385. The van der Waals surface area contributed by atoms with Crippen molar-refractivity contribution in [2.24, 2.45) is 0 Å². The number of benzene rings is 1. The van der Waals surface area contributed by atoms with Crippen LogP contribution in [0.1, 0.15) is 32.8 Å². The maximum atomic E-state index is 12.6. The summed E-state index contributed by atoms with van der Waals surface area (Å²) >= 11 is 0. The second kappa shape index (κ2) is 10.7. The number of nitrogens with one attached hydrogen (secondary N) is 1. The van der Waals surface area contributed by atoms with Crippen LogP contribution >= 0.6 is 0 Å². The van der Waals surface area contributed by atoms with Crippen LogP contribution in [0.5, 0.6) is 0 Å². The normalized spacial score (nSPS) is 11.2. The van der Waals surface area contributed by atoms with Crippen molar-refractivity contribution in [3.05, 3.63) is 70.9 Å². The molecule has 1 N–H and O–H groups in total. The van der Waals surface area contributed by atoms with Crippen LogP contribution in [0.25, 0.3) is 10.8 Å². The molecule has 174 valence electrons. The van der Waals surface area contributed by atoms with Crippen molar-refractivity contribution >= 4 is 22.8 Å². The molecule has 0 fully saturated rings. The number of aromatic nitrogens is 3. The Morgan fingerprint density at radius 1 is 1.12 bits per heavy atom. The topological polar surface area (TPSA) is 106 Å². The summed E-state index contributed by atoms with van der Waals surface area (Å²) in [6, 6.07) is 10.8. The maximum Gasteiger partial charge on any atom is 0.410 e. The van der Waals surface area contributed by atoms with Gasteiger partial charge in [0.15, 0.2) is 0 Å². The fraction of sp³-hybridized carbons (Fsp3) is 0.375. The minimum atomic E-state index is -0.612. The number of pyridine rings is 1. The van der Waals surface area contributed by atoms with Gasteiger partial charge < -0.3 is 15.0 Å². The van der Waals surface area contributed by atoms with Gasteiger partial charge in [0.25, 0.3) is 5.56 Å².